The number of hydrogen-bond donors (Lipinski definition) is 3. The van der Waals surface area contributed by atoms with Crippen molar-refractivity contribution in [3.05, 3.63) is 0 Å². The molecule has 0 aliphatic heterocycles. The minimum absolute atomic E-state index is 0.229. The number of rotatable bonds is 4. The molecule has 0 aromatic rings. The minimum atomic E-state index is -3.66. The van der Waals surface area contributed by atoms with Crippen molar-refractivity contribution in [3.8, 4) is 0 Å². The van der Waals surface area contributed by atoms with E-state index in [4.69, 9.17) is 5.11 Å². The van der Waals surface area contributed by atoms with Crippen LogP contribution in [-0.4, -0.2) is 26.2 Å². The highest BCUT2D eigenvalue weighted by Crippen LogP contribution is 1.88. The summed E-state index contributed by atoms with van der Waals surface area (Å²) in [6, 6.07) is -0.463. The van der Waals surface area contributed by atoms with Crippen LogP contribution in [0.15, 0.2) is 0 Å². The zero-order valence-corrected chi connectivity index (χ0v) is 6.56. The summed E-state index contributed by atoms with van der Waals surface area (Å²) in [6.45, 7) is 1.52. The first-order chi connectivity index (χ1) is 4.49. The molecule has 0 aromatic heterocycles. The lowest BCUT2D eigenvalue weighted by molar-refractivity contribution is 0.254. The maximum absolute atomic E-state index is 10.3. The second-order valence-electron chi connectivity index (χ2n) is 1.95. The topological polar surface area (TPSA) is 92.4 Å². The van der Waals surface area contributed by atoms with Crippen LogP contribution in [0, 0.1) is 0 Å². The largest absolute Gasteiger partial charge is 0.395 e. The van der Waals surface area contributed by atoms with Gasteiger partial charge in [0.25, 0.3) is 10.2 Å². The zero-order valence-electron chi connectivity index (χ0n) is 5.74. The fourth-order valence-corrected chi connectivity index (χ4v) is 1.19. The third-order valence-corrected chi connectivity index (χ3v) is 1.71. The number of hydrogen-bond acceptors (Lipinski definition) is 3. The molecule has 0 aliphatic carbocycles. The average molecular weight is 168 g/mol. The highest BCUT2D eigenvalue weighted by Gasteiger charge is 2.09. The van der Waals surface area contributed by atoms with E-state index >= 15 is 0 Å². The van der Waals surface area contributed by atoms with E-state index in [0.717, 1.165) is 0 Å². The summed E-state index contributed by atoms with van der Waals surface area (Å²) in [6.07, 6.45) is 0.521. The Morgan fingerprint density at radius 2 is 2.20 bits per heavy atom. The van der Waals surface area contributed by atoms with E-state index in [1.165, 1.54) is 0 Å². The molecule has 0 aliphatic rings. The Balaban J connectivity index is 3.87. The van der Waals surface area contributed by atoms with Crippen molar-refractivity contribution < 1.29 is 13.5 Å². The maximum Gasteiger partial charge on any atom is 0.274 e. The summed E-state index contributed by atoms with van der Waals surface area (Å²) >= 11 is 0. The third-order valence-electron chi connectivity index (χ3n) is 1.04. The van der Waals surface area contributed by atoms with Crippen LogP contribution in [0.4, 0.5) is 0 Å². The molecule has 62 valence electrons. The Hall–Kier alpha value is -0.170. The summed E-state index contributed by atoms with van der Waals surface area (Å²) in [5.41, 5.74) is 0. The second kappa shape index (κ2) is 3.87. The maximum atomic E-state index is 10.3. The molecule has 0 spiro atoms. The molecule has 0 radical (unpaired) electrons. The molecule has 0 bridgehead atoms. The average Bonchev–Trinajstić information content (AvgIpc) is 1.81. The predicted molar refractivity (Wildman–Crippen MR) is 37.4 cm³/mol. The van der Waals surface area contributed by atoms with Crippen LogP contribution in [0.2, 0.25) is 0 Å². The molecule has 4 N–H and O–H groups in total. The van der Waals surface area contributed by atoms with E-state index in [9.17, 15) is 8.42 Å². The van der Waals surface area contributed by atoms with Crippen molar-refractivity contribution in [2.75, 3.05) is 6.61 Å². The summed E-state index contributed by atoms with van der Waals surface area (Å²) < 4.78 is 22.7. The quantitative estimate of drug-likeness (QED) is 0.479. The molecule has 0 amide bonds. The van der Waals surface area contributed by atoms with Gasteiger partial charge >= 0.3 is 0 Å². The van der Waals surface area contributed by atoms with Gasteiger partial charge in [0, 0.05) is 6.04 Å². The SMILES string of the molecule is CC[C@H](CO)NS(N)(=O)=O. The molecule has 0 rings (SSSR count). The van der Waals surface area contributed by atoms with E-state index < -0.39 is 16.3 Å². The molecular weight excluding hydrogens is 156 g/mol. The van der Waals surface area contributed by atoms with Gasteiger partial charge in [0.1, 0.15) is 0 Å². The van der Waals surface area contributed by atoms with Gasteiger partial charge in [-0.1, -0.05) is 6.92 Å². The van der Waals surface area contributed by atoms with Gasteiger partial charge in [-0.05, 0) is 6.42 Å². The van der Waals surface area contributed by atoms with E-state index in [1.807, 2.05) is 0 Å². The van der Waals surface area contributed by atoms with Crippen molar-refractivity contribution in [1.29, 1.82) is 0 Å². The van der Waals surface area contributed by atoms with Gasteiger partial charge < -0.3 is 5.11 Å². The van der Waals surface area contributed by atoms with E-state index in [1.54, 1.807) is 6.92 Å². The Morgan fingerprint density at radius 1 is 1.70 bits per heavy atom. The normalized spacial score (nSPS) is 15.1. The highest BCUT2D eigenvalue weighted by atomic mass is 32.2. The monoisotopic (exact) mass is 168 g/mol. The molecular formula is C4H12N2O3S. The highest BCUT2D eigenvalue weighted by molar-refractivity contribution is 7.87. The van der Waals surface area contributed by atoms with Gasteiger partial charge in [0.15, 0.2) is 0 Å². The van der Waals surface area contributed by atoms with E-state index in [-0.39, 0.29) is 6.61 Å². The third kappa shape index (κ3) is 4.68. The minimum Gasteiger partial charge on any atom is -0.395 e. The molecule has 10 heavy (non-hydrogen) atoms. The summed E-state index contributed by atoms with van der Waals surface area (Å²) in [7, 11) is -3.66. The Bertz CT molecular complexity index is 173. The standard InChI is InChI=1S/C4H12N2O3S/c1-2-4(3-7)6-10(5,8)9/h4,6-7H,2-3H2,1H3,(H2,5,8,9)/t4-/m1/s1. The van der Waals surface area contributed by atoms with Crippen LogP contribution >= 0.6 is 0 Å². The van der Waals surface area contributed by atoms with Gasteiger partial charge in [-0.3, -0.25) is 0 Å². The first kappa shape index (κ1) is 9.83. The molecule has 0 fully saturated rings. The fourth-order valence-electron chi connectivity index (χ4n) is 0.482. The molecule has 0 unspecified atom stereocenters. The van der Waals surface area contributed by atoms with Crippen LogP contribution in [0.3, 0.4) is 0 Å². The van der Waals surface area contributed by atoms with Gasteiger partial charge in [0.05, 0.1) is 6.61 Å². The lowest BCUT2D eigenvalue weighted by Crippen LogP contribution is -2.40. The number of nitrogens with one attached hydrogen (secondary N) is 1. The first-order valence-electron chi connectivity index (χ1n) is 2.90. The fraction of sp³-hybridized carbons (Fsp3) is 1.00. The second-order valence-corrected chi connectivity index (χ2v) is 3.28. The van der Waals surface area contributed by atoms with Crippen molar-refractivity contribution in [3.63, 3.8) is 0 Å². The number of nitrogens with two attached hydrogens (primary N) is 1. The number of aliphatic hydroxyl groups excluding tert-OH is 1. The van der Waals surface area contributed by atoms with Crippen LogP contribution in [0.25, 0.3) is 0 Å². The molecule has 1 atom stereocenters. The molecule has 5 nitrogen and oxygen atoms in total. The van der Waals surface area contributed by atoms with Crippen molar-refractivity contribution in [2.24, 2.45) is 5.14 Å². The lowest BCUT2D eigenvalue weighted by atomic mass is 10.3. The first-order valence-corrected chi connectivity index (χ1v) is 4.45. The predicted octanol–water partition coefficient (Wildman–Crippen LogP) is -1.45. The lowest BCUT2D eigenvalue weighted by Gasteiger charge is -2.10. The number of aliphatic hydroxyl groups is 1. The molecule has 0 saturated carbocycles. The summed E-state index contributed by atoms with van der Waals surface area (Å²) in [5, 5.41) is 13.1. The van der Waals surface area contributed by atoms with Crippen molar-refractivity contribution in [2.45, 2.75) is 19.4 Å². The van der Waals surface area contributed by atoms with Gasteiger partial charge in [-0.2, -0.15) is 13.1 Å². The van der Waals surface area contributed by atoms with Gasteiger partial charge in [-0.25, -0.2) is 5.14 Å². The van der Waals surface area contributed by atoms with E-state index in [0.29, 0.717) is 6.42 Å². The van der Waals surface area contributed by atoms with Gasteiger partial charge in [-0.15, -0.1) is 0 Å². The van der Waals surface area contributed by atoms with E-state index in [2.05, 4.69) is 9.86 Å². The smallest absolute Gasteiger partial charge is 0.274 e. The molecule has 6 heteroatoms. The van der Waals surface area contributed by atoms with Gasteiger partial charge in [0.2, 0.25) is 0 Å². The molecule has 0 heterocycles. The Morgan fingerprint density at radius 3 is 2.30 bits per heavy atom. The summed E-state index contributed by atoms with van der Waals surface area (Å²) in [4.78, 5) is 0. The van der Waals surface area contributed by atoms with Crippen molar-refractivity contribution >= 4 is 10.2 Å². The Kier molecular flexibility index (Phi) is 3.80. The van der Waals surface area contributed by atoms with Crippen LogP contribution in [0.1, 0.15) is 13.3 Å². The molecule has 0 saturated heterocycles. The molecule has 0 aromatic carbocycles. The zero-order chi connectivity index (χ0) is 8.20. The van der Waals surface area contributed by atoms with Crippen molar-refractivity contribution in [1.82, 2.24) is 4.72 Å². The summed E-state index contributed by atoms with van der Waals surface area (Å²) in [5.74, 6) is 0. The van der Waals surface area contributed by atoms with Crippen LogP contribution < -0.4 is 9.86 Å². The Labute approximate surface area is 60.4 Å². The van der Waals surface area contributed by atoms with Crippen LogP contribution in [0.5, 0.6) is 0 Å². The van der Waals surface area contributed by atoms with Crippen LogP contribution in [-0.2, 0) is 10.2 Å².